The van der Waals surface area contributed by atoms with Crippen molar-refractivity contribution in [3.63, 3.8) is 0 Å². The van der Waals surface area contributed by atoms with Gasteiger partial charge in [0, 0.05) is 30.9 Å². The second-order valence-electron chi connectivity index (χ2n) is 6.07. The molecular weight excluding hydrogens is 322 g/mol. The molecule has 0 unspecified atom stereocenters. The Morgan fingerprint density at radius 2 is 1.79 bits per heavy atom. The molecule has 1 aliphatic rings. The summed E-state index contributed by atoms with van der Waals surface area (Å²) in [5.41, 5.74) is 1.25. The average Bonchev–Trinajstić information content (AvgIpc) is 2.58. The van der Waals surface area contributed by atoms with Crippen molar-refractivity contribution in [1.29, 1.82) is 0 Å². The van der Waals surface area contributed by atoms with Gasteiger partial charge in [-0.05, 0) is 54.8 Å². The van der Waals surface area contributed by atoms with Crippen molar-refractivity contribution in [3.05, 3.63) is 65.8 Å². The molecular formula is C18H19N3O2S. The Morgan fingerprint density at radius 3 is 2.33 bits per heavy atom. The average molecular weight is 341 g/mol. The molecule has 1 aromatic carbocycles. The van der Waals surface area contributed by atoms with Gasteiger partial charge in [-0.15, -0.1) is 0 Å². The van der Waals surface area contributed by atoms with Gasteiger partial charge >= 0.3 is 5.66 Å². The summed E-state index contributed by atoms with van der Waals surface area (Å²) >= 11 is 0. The molecule has 0 radical (unpaired) electrons. The smallest absolute Gasteiger partial charge is 0.305 e. The van der Waals surface area contributed by atoms with Crippen LogP contribution in [0.25, 0.3) is 4.85 Å². The highest BCUT2D eigenvalue weighted by Crippen LogP contribution is 2.36. The van der Waals surface area contributed by atoms with Crippen LogP contribution in [0.4, 0.5) is 5.69 Å². The molecule has 124 valence electrons. The molecule has 5 nitrogen and oxygen atoms in total. The van der Waals surface area contributed by atoms with Crippen molar-refractivity contribution in [3.8, 4) is 0 Å². The summed E-state index contributed by atoms with van der Waals surface area (Å²) in [6.45, 7) is 7.30. The van der Waals surface area contributed by atoms with Crippen LogP contribution in [0.5, 0.6) is 0 Å². The van der Waals surface area contributed by atoms with Gasteiger partial charge in [0.2, 0.25) is 0 Å². The standard InChI is InChI=1S/C18H19N3O2S/c1-19-18(10-2-11-18)21-16-3-5-17(6-4-16)24(22,23)14-9-15-7-12-20-13-8-15/h3-8,12-13,21H,2,9-11,14H2. The van der Waals surface area contributed by atoms with Gasteiger partial charge in [-0.2, -0.15) is 0 Å². The number of rotatable bonds is 6. The number of benzene rings is 1. The first-order valence-corrected chi connectivity index (χ1v) is 9.57. The van der Waals surface area contributed by atoms with Crippen LogP contribution in [0.1, 0.15) is 24.8 Å². The van der Waals surface area contributed by atoms with Gasteiger partial charge in [-0.3, -0.25) is 9.83 Å². The molecule has 24 heavy (non-hydrogen) atoms. The van der Waals surface area contributed by atoms with Crippen LogP contribution < -0.4 is 5.32 Å². The fourth-order valence-electron chi connectivity index (χ4n) is 2.71. The number of aryl methyl sites for hydroxylation is 1. The van der Waals surface area contributed by atoms with Gasteiger partial charge < -0.3 is 5.32 Å². The van der Waals surface area contributed by atoms with Crippen LogP contribution >= 0.6 is 0 Å². The fourth-order valence-corrected chi connectivity index (χ4v) is 4.00. The molecule has 1 N–H and O–H groups in total. The number of pyridine rings is 1. The van der Waals surface area contributed by atoms with E-state index in [1.54, 1.807) is 36.7 Å². The molecule has 1 heterocycles. The topological polar surface area (TPSA) is 63.4 Å². The van der Waals surface area contributed by atoms with Gasteiger partial charge in [-0.1, -0.05) is 0 Å². The number of hydrogen-bond donors (Lipinski definition) is 1. The van der Waals surface area contributed by atoms with Gasteiger partial charge in [0.05, 0.1) is 10.6 Å². The molecule has 1 aliphatic carbocycles. The summed E-state index contributed by atoms with van der Waals surface area (Å²) in [4.78, 5) is 7.91. The van der Waals surface area contributed by atoms with E-state index in [4.69, 9.17) is 6.57 Å². The van der Waals surface area contributed by atoms with Crippen molar-refractivity contribution in [2.24, 2.45) is 0 Å². The van der Waals surface area contributed by atoms with Gasteiger partial charge in [0.15, 0.2) is 9.84 Å². The summed E-state index contributed by atoms with van der Waals surface area (Å²) in [5.74, 6) is 0.0653. The summed E-state index contributed by atoms with van der Waals surface area (Å²) in [6.07, 6.45) is 6.51. The second-order valence-corrected chi connectivity index (χ2v) is 8.18. The fraction of sp³-hybridized carbons (Fsp3) is 0.333. The van der Waals surface area contributed by atoms with Crippen LogP contribution in [0.2, 0.25) is 0 Å². The quantitative estimate of drug-likeness (QED) is 0.819. The third kappa shape index (κ3) is 3.57. The van der Waals surface area contributed by atoms with Crippen molar-refractivity contribution in [2.75, 3.05) is 11.1 Å². The molecule has 1 fully saturated rings. The summed E-state index contributed by atoms with van der Waals surface area (Å²) < 4.78 is 24.9. The normalized spacial score (nSPS) is 16.0. The largest absolute Gasteiger partial charge is 0.314 e. The first-order chi connectivity index (χ1) is 11.5. The number of anilines is 1. The van der Waals surface area contributed by atoms with E-state index in [0.717, 1.165) is 30.5 Å². The van der Waals surface area contributed by atoms with E-state index in [1.807, 2.05) is 12.1 Å². The number of aromatic nitrogens is 1. The Kier molecular flexibility index (Phi) is 4.54. The monoisotopic (exact) mass is 341 g/mol. The van der Waals surface area contributed by atoms with Crippen molar-refractivity contribution >= 4 is 15.5 Å². The van der Waals surface area contributed by atoms with Crippen LogP contribution in [-0.2, 0) is 16.3 Å². The minimum Gasteiger partial charge on any atom is -0.314 e. The van der Waals surface area contributed by atoms with E-state index in [-0.39, 0.29) is 5.75 Å². The minimum atomic E-state index is -3.32. The third-order valence-electron chi connectivity index (χ3n) is 4.39. The maximum atomic E-state index is 12.4. The van der Waals surface area contributed by atoms with Crippen LogP contribution in [0, 0.1) is 6.57 Å². The van der Waals surface area contributed by atoms with Crippen molar-refractivity contribution in [1.82, 2.24) is 4.98 Å². The highest BCUT2D eigenvalue weighted by Gasteiger charge is 2.43. The van der Waals surface area contributed by atoms with Gasteiger partial charge in [0.1, 0.15) is 0 Å². The van der Waals surface area contributed by atoms with Crippen molar-refractivity contribution < 1.29 is 8.42 Å². The first kappa shape index (κ1) is 16.5. The van der Waals surface area contributed by atoms with Crippen LogP contribution in [0.15, 0.2) is 53.7 Å². The lowest BCUT2D eigenvalue weighted by atomic mass is 9.85. The van der Waals surface area contributed by atoms with Gasteiger partial charge in [-0.25, -0.2) is 15.0 Å². The molecule has 0 atom stereocenters. The zero-order chi connectivity index (χ0) is 17.0. The number of sulfone groups is 1. The lowest BCUT2D eigenvalue weighted by Crippen LogP contribution is -2.41. The molecule has 1 saturated carbocycles. The number of nitrogens with one attached hydrogen (secondary N) is 1. The second kappa shape index (κ2) is 6.62. The first-order valence-electron chi connectivity index (χ1n) is 7.92. The summed E-state index contributed by atoms with van der Waals surface area (Å²) in [5, 5.41) is 3.22. The Balaban J connectivity index is 1.67. The summed E-state index contributed by atoms with van der Waals surface area (Å²) in [6, 6.07) is 10.4. The van der Waals surface area contributed by atoms with E-state index >= 15 is 0 Å². The Morgan fingerprint density at radius 1 is 1.12 bits per heavy atom. The van der Waals surface area contributed by atoms with Crippen molar-refractivity contribution in [2.45, 2.75) is 36.2 Å². The number of hydrogen-bond acceptors (Lipinski definition) is 4. The zero-order valence-corrected chi connectivity index (χ0v) is 14.1. The minimum absolute atomic E-state index is 0.0653. The highest BCUT2D eigenvalue weighted by atomic mass is 32.2. The summed E-state index contributed by atoms with van der Waals surface area (Å²) in [7, 11) is -3.32. The molecule has 3 rings (SSSR count). The predicted molar refractivity (Wildman–Crippen MR) is 93.2 cm³/mol. The van der Waals surface area contributed by atoms with E-state index in [0.29, 0.717) is 11.3 Å². The van der Waals surface area contributed by atoms with Crippen LogP contribution in [-0.4, -0.2) is 24.8 Å². The molecule has 2 aromatic rings. The molecule has 1 aromatic heterocycles. The predicted octanol–water partition coefficient (Wildman–Crippen LogP) is 3.31. The van der Waals surface area contributed by atoms with E-state index in [2.05, 4.69) is 15.1 Å². The maximum absolute atomic E-state index is 12.4. The Bertz CT molecular complexity index is 836. The van der Waals surface area contributed by atoms with Crippen LogP contribution in [0.3, 0.4) is 0 Å². The molecule has 6 heteroatoms. The lowest BCUT2D eigenvalue weighted by molar-refractivity contribution is 0.343. The molecule has 0 bridgehead atoms. The molecule has 0 amide bonds. The maximum Gasteiger partial charge on any atom is 0.305 e. The SMILES string of the molecule is [C-]#[N+]C1(Nc2ccc(S(=O)(=O)CCc3ccncc3)cc2)CCC1. The van der Waals surface area contributed by atoms with E-state index < -0.39 is 15.5 Å². The third-order valence-corrected chi connectivity index (χ3v) is 6.13. The van der Waals surface area contributed by atoms with E-state index in [9.17, 15) is 8.42 Å². The molecule has 0 aliphatic heterocycles. The molecule has 0 saturated heterocycles. The van der Waals surface area contributed by atoms with Gasteiger partial charge in [0.25, 0.3) is 0 Å². The molecule has 0 spiro atoms. The van der Waals surface area contributed by atoms with E-state index in [1.165, 1.54) is 0 Å². The highest BCUT2D eigenvalue weighted by molar-refractivity contribution is 7.91. The number of nitrogens with zero attached hydrogens (tertiary/aromatic N) is 2. The lowest BCUT2D eigenvalue weighted by Gasteiger charge is -2.31. The Hall–Kier alpha value is -2.39. The zero-order valence-electron chi connectivity index (χ0n) is 13.3. The Labute approximate surface area is 142 Å².